The number of rotatable bonds is 9. The van der Waals surface area contributed by atoms with E-state index >= 15 is 0 Å². The number of ether oxygens (including phenoxy) is 2. The van der Waals surface area contributed by atoms with Crippen molar-refractivity contribution in [1.82, 2.24) is 0 Å². The molecule has 4 rings (SSSR count). The van der Waals surface area contributed by atoms with Crippen LogP contribution in [0, 0.1) is 28.6 Å². The number of Topliss-reactive ketones (excluding diaryl/α,β-unsaturated/α-hetero) is 1. The van der Waals surface area contributed by atoms with Crippen molar-refractivity contribution in [2.45, 2.75) is 72.1 Å². The molecule has 0 heterocycles. The molecule has 0 saturated heterocycles. The summed E-state index contributed by atoms with van der Waals surface area (Å²) < 4.78 is 10.7. The van der Waals surface area contributed by atoms with E-state index in [1.807, 2.05) is 6.08 Å². The fraction of sp³-hybridized carbons (Fsp3) is 0.581. The summed E-state index contributed by atoms with van der Waals surface area (Å²) in [4.78, 5) is 37.3. The molecule has 1 aromatic carbocycles. The fourth-order valence-electron chi connectivity index (χ4n) is 7.41. The minimum absolute atomic E-state index is 0.0360. The van der Waals surface area contributed by atoms with Crippen LogP contribution >= 0.6 is 0 Å². The molecular weight excluding hydrogens is 466 g/mol. The van der Waals surface area contributed by atoms with E-state index in [2.05, 4.69) is 31.3 Å². The van der Waals surface area contributed by atoms with Gasteiger partial charge in [-0.2, -0.15) is 0 Å². The predicted octanol–water partition coefficient (Wildman–Crippen LogP) is 6.91. The zero-order valence-electron chi connectivity index (χ0n) is 22.7. The van der Waals surface area contributed by atoms with Crippen LogP contribution in [-0.4, -0.2) is 31.4 Å². The predicted molar refractivity (Wildman–Crippen MR) is 144 cm³/mol. The Bertz CT molecular complexity index is 1070. The maximum absolute atomic E-state index is 12.7. The number of carbonyl (C=O) groups is 3. The largest absolute Gasteiger partial charge is 0.497 e. The van der Waals surface area contributed by atoms with E-state index in [1.165, 1.54) is 5.57 Å². The minimum Gasteiger partial charge on any atom is -0.497 e. The first-order valence-electron chi connectivity index (χ1n) is 13.7. The zero-order chi connectivity index (χ0) is 26.6. The van der Waals surface area contributed by atoms with Gasteiger partial charge in [-0.1, -0.05) is 32.4 Å². The summed E-state index contributed by atoms with van der Waals surface area (Å²) in [5, 5.41) is 2.76. The number of allylic oxidation sites excluding steroid dienone is 4. The Morgan fingerprint density at radius 3 is 2.57 bits per heavy atom. The Morgan fingerprint density at radius 2 is 1.89 bits per heavy atom. The third kappa shape index (κ3) is 5.68. The summed E-state index contributed by atoms with van der Waals surface area (Å²) in [6.45, 7) is 6.40. The van der Waals surface area contributed by atoms with Gasteiger partial charge in [0.1, 0.15) is 11.5 Å². The lowest BCUT2D eigenvalue weighted by Gasteiger charge is -2.47. The van der Waals surface area contributed by atoms with Crippen LogP contribution in [0.5, 0.6) is 5.75 Å². The Hall–Kier alpha value is -2.89. The highest BCUT2D eigenvalue weighted by molar-refractivity contribution is 5.92. The van der Waals surface area contributed by atoms with Gasteiger partial charge in [0.2, 0.25) is 0 Å². The van der Waals surface area contributed by atoms with Gasteiger partial charge in [-0.05, 0) is 104 Å². The molecule has 6 nitrogen and oxygen atoms in total. The number of fused-ring (bicyclic) bond motifs is 1. The highest BCUT2D eigenvalue weighted by Crippen LogP contribution is 2.59. The van der Waals surface area contributed by atoms with E-state index in [4.69, 9.17) is 9.47 Å². The maximum atomic E-state index is 12.7. The van der Waals surface area contributed by atoms with Crippen LogP contribution in [0.15, 0.2) is 48.1 Å². The van der Waals surface area contributed by atoms with Gasteiger partial charge in [-0.15, -0.1) is 0 Å². The molecule has 1 amide bonds. The Morgan fingerprint density at radius 1 is 1.14 bits per heavy atom. The van der Waals surface area contributed by atoms with Crippen LogP contribution in [-0.2, 0) is 14.3 Å². The van der Waals surface area contributed by atoms with Gasteiger partial charge in [0.05, 0.1) is 13.7 Å². The van der Waals surface area contributed by atoms with Crippen molar-refractivity contribution in [3.63, 3.8) is 0 Å². The number of hydrogen-bond donors (Lipinski definition) is 1. The molecule has 0 spiro atoms. The van der Waals surface area contributed by atoms with E-state index in [-0.39, 0.29) is 34.9 Å². The Labute approximate surface area is 220 Å². The van der Waals surface area contributed by atoms with Crippen molar-refractivity contribution in [2.24, 2.45) is 28.6 Å². The first-order valence-corrected chi connectivity index (χ1v) is 13.7. The van der Waals surface area contributed by atoms with Gasteiger partial charge in [0.25, 0.3) is 0 Å². The van der Waals surface area contributed by atoms with Crippen molar-refractivity contribution >= 4 is 23.3 Å². The van der Waals surface area contributed by atoms with Crippen molar-refractivity contribution in [1.29, 1.82) is 0 Å². The van der Waals surface area contributed by atoms with Crippen LogP contribution < -0.4 is 10.1 Å². The second-order valence-corrected chi connectivity index (χ2v) is 11.4. The minimum atomic E-state index is -0.496. The molecule has 1 fully saturated rings. The number of carbonyl (C=O) groups excluding carboxylic acids is 3. The summed E-state index contributed by atoms with van der Waals surface area (Å²) in [6.07, 6.45) is 13.1. The average molecular weight is 508 g/mol. The lowest BCUT2D eigenvalue weighted by Crippen LogP contribution is -2.41. The van der Waals surface area contributed by atoms with E-state index in [0.717, 1.165) is 38.5 Å². The molecule has 200 valence electrons. The fourth-order valence-corrected chi connectivity index (χ4v) is 7.41. The molecule has 3 aliphatic rings. The number of amides is 1. The third-order valence-electron chi connectivity index (χ3n) is 9.28. The standard InChI is InChI=1S/C31H41NO5/c1-5-15-31-16-14-25(34)19-23(31)7-6-22(20-31)28-13-12-27(21(2)33)30(28,3)17-18-37-29(35)32-24-8-10-26(36-4)11-9-24/h6-11,19,22,27-28H,5,12-18,20H2,1-4H3,(H,32,35)/t22-,27-,28+,30-,31+/m1/s1. The Balaban J connectivity index is 1.46. The van der Waals surface area contributed by atoms with E-state index in [9.17, 15) is 14.4 Å². The summed E-state index contributed by atoms with van der Waals surface area (Å²) in [5.41, 5.74) is 1.65. The van der Waals surface area contributed by atoms with Crippen LogP contribution in [0.4, 0.5) is 10.5 Å². The third-order valence-corrected chi connectivity index (χ3v) is 9.28. The topological polar surface area (TPSA) is 81.7 Å². The van der Waals surface area contributed by atoms with Crippen LogP contribution in [0.2, 0.25) is 0 Å². The molecule has 0 radical (unpaired) electrons. The summed E-state index contributed by atoms with van der Waals surface area (Å²) in [7, 11) is 1.60. The monoisotopic (exact) mass is 507 g/mol. The second-order valence-electron chi connectivity index (χ2n) is 11.4. The summed E-state index contributed by atoms with van der Waals surface area (Å²) in [6, 6.07) is 7.10. The van der Waals surface area contributed by atoms with Crippen molar-refractivity contribution in [3.8, 4) is 5.75 Å². The van der Waals surface area contributed by atoms with E-state index in [1.54, 1.807) is 38.3 Å². The molecule has 1 aromatic rings. The van der Waals surface area contributed by atoms with Crippen LogP contribution in [0.3, 0.4) is 0 Å². The summed E-state index contributed by atoms with van der Waals surface area (Å²) in [5.74, 6) is 1.82. The van der Waals surface area contributed by atoms with Gasteiger partial charge in [0.15, 0.2) is 5.78 Å². The van der Waals surface area contributed by atoms with E-state index < -0.39 is 6.09 Å². The quantitative estimate of drug-likeness (QED) is 0.393. The maximum Gasteiger partial charge on any atom is 0.411 e. The molecule has 0 unspecified atom stereocenters. The molecule has 0 aromatic heterocycles. The first kappa shape index (κ1) is 27.2. The number of nitrogens with one attached hydrogen (secondary N) is 1. The van der Waals surface area contributed by atoms with Gasteiger partial charge >= 0.3 is 6.09 Å². The number of benzene rings is 1. The van der Waals surface area contributed by atoms with Crippen LogP contribution in [0.25, 0.3) is 0 Å². The SMILES string of the molecule is CCC[C@@]12CCC(=O)C=C1C=C[C@@H]([C@@H]1CC[C@H](C(C)=O)[C@@]1(C)CCOC(=O)Nc1ccc(OC)cc1)C2. The number of methoxy groups -OCH3 is 1. The molecule has 1 N–H and O–H groups in total. The smallest absolute Gasteiger partial charge is 0.411 e. The van der Waals surface area contributed by atoms with Crippen LogP contribution in [0.1, 0.15) is 72.1 Å². The number of anilines is 1. The molecule has 1 saturated carbocycles. The Kier molecular flexibility index (Phi) is 8.25. The highest BCUT2D eigenvalue weighted by Gasteiger charge is 2.52. The van der Waals surface area contributed by atoms with Gasteiger partial charge in [0, 0.05) is 18.0 Å². The van der Waals surface area contributed by atoms with Gasteiger partial charge in [-0.25, -0.2) is 4.79 Å². The number of hydrogen-bond acceptors (Lipinski definition) is 5. The van der Waals surface area contributed by atoms with Gasteiger partial charge < -0.3 is 9.47 Å². The lowest BCUT2D eigenvalue weighted by atomic mass is 9.57. The van der Waals surface area contributed by atoms with Gasteiger partial charge in [-0.3, -0.25) is 14.9 Å². The summed E-state index contributed by atoms with van der Waals surface area (Å²) >= 11 is 0. The molecule has 6 heteroatoms. The number of ketones is 2. The normalized spacial score (nSPS) is 30.9. The molecule has 5 atom stereocenters. The molecule has 37 heavy (non-hydrogen) atoms. The van der Waals surface area contributed by atoms with Crippen molar-refractivity contribution in [3.05, 3.63) is 48.1 Å². The molecule has 0 bridgehead atoms. The first-order chi connectivity index (χ1) is 17.7. The second kappa shape index (κ2) is 11.2. The average Bonchev–Trinajstić information content (AvgIpc) is 3.21. The van der Waals surface area contributed by atoms with Crippen molar-refractivity contribution < 1.29 is 23.9 Å². The highest BCUT2D eigenvalue weighted by atomic mass is 16.5. The van der Waals surface area contributed by atoms with Crippen molar-refractivity contribution in [2.75, 3.05) is 19.0 Å². The zero-order valence-corrected chi connectivity index (χ0v) is 22.7. The molecular formula is C31H41NO5. The molecule has 3 aliphatic carbocycles. The lowest BCUT2D eigenvalue weighted by molar-refractivity contribution is -0.125. The molecule has 0 aliphatic heterocycles. The van der Waals surface area contributed by atoms with E-state index in [0.29, 0.717) is 36.1 Å².